The van der Waals surface area contributed by atoms with Crippen molar-refractivity contribution in [2.75, 3.05) is 32.1 Å². The summed E-state index contributed by atoms with van der Waals surface area (Å²) in [6, 6.07) is 10.2. The molecule has 1 aromatic heterocycles. The van der Waals surface area contributed by atoms with Gasteiger partial charge in [0.1, 0.15) is 17.2 Å². The molecule has 0 radical (unpaired) electrons. The summed E-state index contributed by atoms with van der Waals surface area (Å²) in [5.74, 6) is -1.26. The fourth-order valence-corrected chi connectivity index (χ4v) is 3.38. The number of thiazole rings is 1. The monoisotopic (exact) mass is 361 g/mol. The molecule has 3 rings (SSSR count). The van der Waals surface area contributed by atoms with E-state index < -0.39 is 11.6 Å². The summed E-state index contributed by atoms with van der Waals surface area (Å²) >= 11 is 1.24. The summed E-state index contributed by atoms with van der Waals surface area (Å²) in [5.41, 5.74) is 0.475. The van der Waals surface area contributed by atoms with E-state index in [4.69, 9.17) is 0 Å². The first-order valence-electron chi connectivity index (χ1n) is 7.73. The zero-order valence-electron chi connectivity index (χ0n) is 13.9. The number of hydrogen-bond acceptors (Lipinski definition) is 4. The van der Waals surface area contributed by atoms with Gasteiger partial charge < -0.3 is 4.90 Å². The van der Waals surface area contributed by atoms with Crippen molar-refractivity contribution >= 4 is 32.6 Å². The number of benzene rings is 2. The van der Waals surface area contributed by atoms with Crippen LogP contribution < -0.4 is 4.90 Å². The van der Waals surface area contributed by atoms with E-state index in [9.17, 15) is 13.6 Å². The third-order valence-corrected chi connectivity index (χ3v) is 4.72. The first kappa shape index (κ1) is 17.4. The van der Waals surface area contributed by atoms with E-state index in [1.54, 1.807) is 18.2 Å². The number of halogens is 2. The van der Waals surface area contributed by atoms with Crippen LogP contribution in [-0.4, -0.2) is 43.0 Å². The van der Waals surface area contributed by atoms with Gasteiger partial charge in [0, 0.05) is 18.7 Å². The summed E-state index contributed by atoms with van der Waals surface area (Å²) in [7, 11) is 3.78. The van der Waals surface area contributed by atoms with Crippen molar-refractivity contribution in [1.82, 2.24) is 9.88 Å². The first-order valence-corrected chi connectivity index (χ1v) is 8.54. The van der Waals surface area contributed by atoms with Crippen LogP contribution in [0.5, 0.6) is 0 Å². The SMILES string of the molecule is CN(C)CCN(C(=O)c1cccc(F)c1)c1nc2c(F)cccc2s1. The Morgan fingerprint density at radius 1 is 1.12 bits per heavy atom. The molecule has 0 aliphatic rings. The van der Waals surface area contributed by atoms with E-state index in [2.05, 4.69) is 4.98 Å². The standard InChI is InChI=1S/C18H17F2N3OS/c1-22(2)9-10-23(17(24)12-5-3-6-13(19)11-12)18-21-16-14(20)7-4-8-15(16)25-18/h3-8,11H,9-10H2,1-2H3. The lowest BCUT2D eigenvalue weighted by molar-refractivity contribution is 0.0984. The van der Waals surface area contributed by atoms with Gasteiger partial charge in [-0.1, -0.05) is 23.5 Å². The maximum absolute atomic E-state index is 13.9. The molecule has 2 aromatic carbocycles. The number of fused-ring (bicyclic) bond motifs is 1. The number of rotatable bonds is 5. The minimum atomic E-state index is -0.478. The van der Waals surface area contributed by atoms with Gasteiger partial charge in [0.2, 0.25) is 0 Å². The second-order valence-corrected chi connectivity index (χ2v) is 6.86. The number of carbonyl (C=O) groups excluding carboxylic acids is 1. The number of likely N-dealkylation sites (N-methyl/N-ethyl adjacent to an activating group) is 1. The Hall–Kier alpha value is -2.38. The van der Waals surface area contributed by atoms with Crippen molar-refractivity contribution in [3.8, 4) is 0 Å². The van der Waals surface area contributed by atoms with Crippen molar-refractivity contribution in [2.24, 2.45) is 0 Å². The fraction of sp³-hybridized carbons (Fsp3) is 0.222. The van der Waals surface area contributed by atoms with Gasteiger partial charge in [-0.3, -0.25) is 9.69 Å². The second kappa shape index (κ2) is 7.25. The molecule has 0 aliphatic carbocycles. The largest absolute Gasteiger partial charge is 0.308 e. The van der Waals surface area contributed by atoms with Gasteiger partial charge in [-0.25, -0.2) is 13.8 Å². The van der Waals surface area contributed by atoms with Crippen LogP contribution in [0.3, 0.4) is 0 Å². The molecular weight excluding hydrogens is 344 g/mol. The molecule has 3 aromatic rings. The summed E-state index contributed by atoms with van der Waals surface area (Å²) in [4.78, 5) is 20.6. The van der Waals surface area contributed by atoms with Crippen LogP contribution in [0.15, 0.2) is 42.5 Å². The molecular formula is C18H17F2N3OS. The molecule has 0 fully saturated rings. The highest BCUT2D eigenvalue weighted by molar-refractivity contribution is 7.22. The zero-order chi connectivity index (χ0) is 18.0. The van der Waals surface area contributed by atoms with E-state index in [0.29, 0.717) is 22.9 Å². The molecule has 4 nitrogen and oxygen atoms in total. The normalized spacial score (nSPS) is 11.2. The molecule has 0 aliphatic heterocycles. The topological polar surface area (TPSA) is 36.4 Å². The van der Waals surface area contributed by atoms with Crippen molar-refractivity contribution in [1.29, 1.82) is 0 Å². The fourth-order valence-electron chi connectivity index (χ4n) is 2.38. The summed E-state index contributed by atoms with van der Waals surface area (Å²) in [6.45, 7) is 0.962. The Balaban J connectivity index is 2.01. The molecule has 0 saturated carbocycles. The molecule has 25 heavy (non-hydrogen) atoms. The highest BCUT2D eigenvalue weighted by atomic mass is 32.1. The van der Waals surface area contributed by atoms with Gasteiger partial charge >= 0.3 is 0 Å². The molecule has 0 atom stereocenters. The average molecular weight is 361 g/mol. The number of para-hydroxylation sites is 1. The number of hydrogen-bond donors (Lipinski definition) is 0. The highest BCUT2D eigenvalue weighted by Gasteiger charge is 2.22. The first-order chi connectivity index (χ1) is 12.0. The van der Waals surface area contributed by atoms with E-state index in [-0.39, 0.29) is 17.0 Å². The Labute approximate surface area is 148 Å². The van der Waals surface area contributed by atoms with Crippen LogP contribution in [-0.2, 0) is 0 Å². The molecule has 1 heterocycles. The van der Waals surface area contributed by atoms with Crippen LogP contribution in [0.2, 0.25) is 0 Å². The summed E-state index contributed by atoms with van der Waals surface area (Å²) in [5, 5.41) is 0.399. The molecule has 7 heteroatoms. The van der Waals surface area contributed by atoms with Crippen LogP contribution in [0.1, 0.15) is 10.4 Å². The van der Waals surface area contributed by atoms with Crippen LogP contribution in [0, 0.1) is 11.6 Å². The zero-order valence-corrected chi connectivity index (χ0v) is 14.7. The molecule has 0 spiro atoms. The third kappa shape index (κ3) is 3.83. The van der Waals surface area contributed by atoms with Crippen molar-refractivity contribution in [3.05, 3.63) is 59.7 Å². The van der Waals surface area contributed by atoms with Crippen LogP contribution in [0.25, 0.3) is 10.2 Å². The molecule has 130 valence electrons. The Bertz CT molecular complexity index is 910. The van der Waals surface area contributed by atoms with E-state index in [1.165, 1.54) is 40.5 Å². The maximum atomic E-state index is 13.9. The summed E-state index contributed by atoms with van der Waals surface area (Å²) in [6.07, 6.45) is 0. The number of aromatic nitrogens is 1. The Morgan fingerprint density at radius 2 is 1.88 bits per heavy atom. The number of anilines is 1. The van der Waals surface area contributed by atoms with E-state index in [0.717, 1.165) is 0 Å². The van der Waals surface area contributed by atoms with E-state index in [1.807, 2.05) is 19.0 Å². The average Bonchev–Trinajstić information content (AvgIpc) is 3.00. The molecule has 0 unspecified atom stereocenters. The van der Waals surface area contributed by atoms with Gasteiger partial charge in [-0.05, 0) is 44.4 Å². The predicted octanol–water partition coefficient (Wildman–Crippen LogP) is 3.78. The quantitative estimate of drug-likeness (QED) is 0.694. The minimum Gasteiger partial charge on any atom is -0.308 e. The van der Waals surface area contributed by atoms with Gasteiger partial charge in [0.05, 0.1) is 4.70 Å². The number of carbonyl (C=O) groups is 1. The van der Waals surface area contributed by atoms with Crippen molar-refractivity contribution in [2.45, 2.75) is 0 Å². The molecule has 1 amide bonds. The minimum absolute atomic E-state index is 0.235. The number of amides is 1. The third-order valence-electron chi connectivity index (χ3n) is 3.68. The molecule has 0 bridgehead atoms. The van der Waals surface area contributed by atoms with E-state index >= 15 is 0 Å². The smallest absolute Gasteiger partial charge is 0.260 e. The van der Waals surface area contributed by atoms with Crippen molar-refractivity contribution in [3.63, 3.8) is 0 Å². The lowest BCUT2D eigenvalue weighted by Crippen LogP contribution is -2.36. The van der Waals surface area contributed by atoms with Gasteiger partial charge in [-0.15, -0.1) is 0 Å². The Morgan fingerprint density at radius 3 is 2.56 bits per heavy atom. The number of nitrogens with zero attached hydrogens (tertiary/aromatic N) is 3. The maximum Gasteiger partial charge on any atom is 0.260 e. The van der Waals surface area contributed by atoms with Gasteiger partial charge in [-0.2, -0.15) is 0 Å². The molecule has 0 saturated heterocycles. The van der Waals surface area contributed by atoms with Gasteiger partial charge in [0.15, 0.2) is 5.13 Å². The highest BCUT2D eigenvalue weighted by Crippen LogP contribution is 2.31. The lowest BCUT2D eigenvalue weighted by Gasteiger charge is -2.22. The molecule has 0 N–H and O–H groups in total. The van der Waals surface area contributed by atoms with Crippen LogP contribution >= 0.6 is 11.3 Å². The lowest BCUT2D eigenvalue weighted by atomic mass is 10.2. The van der Waals surface area contributed by atoms with Gasteiger partial charge in [0.25, 0.3) is 5.91 Å². The summed E-state index contributed by atoms with van der Waals surface area (Å²) < 4.78 is 28.1. The second-order valence-electron chi connectivity index (χ2n) is 5.85. The predicted molar refractivity (Wildman–Crippen MR) is 96.2 cm³/mol. The van der Waals surface area contributed by atoms with Crippen LogP contribution in [0.4, 0.5) is 13.9 Å². The Kier molecular flexibility index (Phi) is 5.06. The van der Waals surface area contributed by atoms with Crippen molar-refractivity contribution < 1.29 is 13.6 Å².